The molecule has 1 aromatic heterocycles. The van der Waals surface area contributed by atoms with Gasteiger partial charge in [-0.25, -0.2) is 9.97 Å². The minimum Gasteiger partial charge on any atom is -0.489 e. The maximum absolute atomic E-state index is 12.6. The summed E-state index contributed by atoms with van der Waals surface area (Å²) in [5.74, 6) is 0.756. The summed E-state index contributed by atoms with van der Waals surface area (Å²) in [4.78, 5) is 21.4. The fraction of sp³-hybridized carbons (Fsp3) is 0.227. The summed E-state index contributed by atoms with van der Waals surface area (Å²) in [6, 6.07) is 16.8. The van der Waals surface area contributed by atoms with Gasteiger partial charge >= 0.3 is 0 Å². The van der Waals surface area contributed by atoms with Crippen LogP contribution in [0.15, 0.2) is 54.6 Å². The standard InChI is InChI=1S/C22H24N4O2/c1-14(2)28-20-8-6-5-7-18(20)25-22-23-16(4)13-19(26-22)21(27)24-17-11-9-15(3)10-12-17/h5-14H,1-4H3,(H,24,27)(H,23,25,26). The number of aryl methyl sites for hydroxylation is 2. The van der Waals surface area contributed by atoms with Crippen molar-refractivity contribution in [1.29, 1.82) is 0 Å². The molecular weight excluding hydrogens is 352 g/mol. The molecule has 2 aromatic carbocycles. The highest BCUT2D eigenvalue weighted by Gasteiger charge is 2.13. The molecule has 1 amide bonds. The van der Waals surface area contributed by atoms with Gasteiger partial charge in [0.2, 0.25) is 5.95 Å². The van der Waals surface area contributed by atoms with Crippen LogP contribution < -0.4 is 15.4 Å². The van der Waals surface area contributed by atoms with E-state index in [1.165, 1.54) is 0 Å². The van der Waals surface area contributed by atoms with Gasteiger partial charge in [0.25, 0.3) is 5.91 Å². The van der Waals surface area contributed by atoms with E-state index in [1.54, 1.807) is 6.07 Å². The first-order valence-corrected chi connectivity index (χ1v) is 9.17. The third-order valence-corrected chi connectivity index (χ3v) is 3.89. The van der Waals surface area contributed by atoms with Crippen molar-refractivity contribution in [2.24, 2.45) is 0 Å². The molecule has 0 aliphatic heterocycles. The highest BCUT2D eigenvalue weighted by molar-refractivity contribution is 6.03. The van der Waals surface area contributed by atoms with Gasteiger partial charge in [0, 0.05) is 11.4 Å². The van der Waals surface area contributed by atoms with Crippen LogP contribution in [0.4, 0.5) is 17.3 Å². The molecule has 6 nitrogen and oxygen atoms in total. The quantitative estimate of drug-likeness (QED) is 0.641. The van der Waals surface area contributed by atoms with Crippen LogP contribution in [0.1, 0.15) is 35.6 Å². The van der Waals surface area contributed by atoms with Gasteiger partial charge in [0.1, 0.15) is 11.4 Å². The van der Waals surface area contributed by atoms with Crippen molar-refractivity contribution in [3.63, 3.8) is 0 Å². The molecule has 0 aliphatic rings. The van der Waals surface area contributed by atoms with Gasteiger partial charge in [-0.05, 0) is 58.0 Å². The number of amides is 1. The molecule has 0 fully saturated rings. The first-order valence-electron chi connectivity index (χ1n) is 9.17. The van der Waals surface area contributed by atoms with Crippen LogP contribution in [0.25, 0.3) is 0 Å². The molecule has 0 radical (unpaired) electrons. The van der Waals surface area contributed by atoms with E-state index in [0.29, 0.717) is 17.4 Å². The predicted molar refractivity (Wildman–Crippen MR) is 111 cm³/mol. The second kappa shape index (κ2) is 8.52. The van der Waals surface area contributed by atoms with Gasteiger partial charge in [0.15, 0.2) is 0 Å². The molecule has 3 rings (SSSR count). The van der Waals surface area contributed by atoms with Crippen molar-refractivity contribution in [3.05, 3.63) is 71.5 Å². The van der Waals surface area contributed by atoms with Gasteiger partial charge < -0.3 is 15.4 Å². The lowest BCUT2D eigenvalue weighted by Gasteiger charge is -2.15. The zero-order valence-electron chi connectivity index (χ0n) is 16.5. The van der Waals surface area contributed by atoms with Crippen LogP contribution in [-0.4, -0.2) is 22.0 Å². The largest absolute Gasteiger partial charge is 0.489 e. The minimum atomic E-state index is -0.288. The van der Waals surface area contributed by atoms with Crippen LogP contribution >= 0.6 is 0 Å². The van der Waals surface area contributed by atoms with Crippen molar-refractivity contribution < 1.29 is 9.53 Å². The molecule has 2 N–H and O–H groups in total. The lowest BCUT2D eigenvalue weighted by atomic mass is 10.2. The highest BCUT2D eigenvalue weighted by Crippen LogP contribution is 2.27. The van der Waals surface area contributed by atoms with Crippen molar-refractivity contribution in [2.75, 3.05) is 10.6 Å². The van der Waals surface area contributed by atoms with E-state index in [9.17, 15) is 4.79 Å². The average Bonchev–Trinajstić information content (AvgIpc) is 2.64. The van der Waals surface area contributed by atoms with Crippen molar-refractivity contribution >= 4 is 23.2 Å². The van der Waals surface area contributed by atoms with Gasteiger partial charge in [-0.15, -0.1) is 0 Å². The average molecular weight is 376 g/mol. The number of anilines is 3. The Kier molecular flexibility index (Phi) is 5.89. The summed E-state index contributed by atoms with van der Waals surface area (Å²) in [5.41, 5.74) is 3.57. The number of carbonyl (C=O) groups excluding carboxylic acids is 1. The number of hydrogen-bond donors (Lipinski definition) is 2. The summed E-state index contributed by atoms with van der Waals surface area (Å²) in [5, 5.41) is 6.02. The fourth-order valence-electron chi connectivity index (χ4n) is 2.62. The number of ether oxygens (including phenoxy) is 1. The summed E-state index contributed by atoms with van der Waals surface area (Å²) >= 11 is 0. The third kappa shape index (κ3) is 5.07. The molecule has 0 bridgehead atoms. The Hall–Kier alpha value is -3.41. The zero-order chi connectivity index (χ0) is 20.1. The number of hydrogen-bond acceptors (Lipinski definition) is 5. The SMILES string of the molecule is Cc1ccc(NC(=O)c2cc(C)nc(Nc3ccccc3OC(C)C)n2)cc1. The lowest BCUT2D eigenvalue weighted by molar-refractivity contribution is 0.102. The summed E-state index contributed by atoms with van der Waals surface area (Å²) in [6.45, 7) is 7.76. The van der Waals surface area contributed by atoms with E-state index in [4.69, 9.17) is 4.74 Å². The van der Waals surface area contributed by atoms with E-state index in [0.717, 1.165) is 16.9 Å². The van der Waals surface area contributed by atoms with E-state index in [-0.39, 0.29) is 17.7 Å². The number of rotatable bonds is 6. The predicted octanol–water partition coefficient (Wildman–Crippen LogP) is 4.88. The van der Waals surface area contributed by atoms with Gasteiger partial charge in [-0.2, -0.15) is 0 Å². The normalized spacial score (nSPS) is 10.6. The minimum absolute atomic E-state index is 0.0391. The first-order chi connectivity index (χ1) is 13.4. The Morgan fingerprint density at radius 2 is 1.71 bits per heavy atom. The number of para-hydroxylation sites is 2. The second-order valence-electron chi connectivity index (χ2n) is 6.83. The smallest absolute Gasteiger partial charge is 0.274 e. The molecule has 0 atom stereocenters. The summed E-state index contributed by atoms with van der Waals surface area (Å²) in [6.07, 6.45) is 0.0391. The molecule has 0 unspecified atom stereocenters. The highest BCUT2D eigenvalue weighted by atomic mass is 16.5. The van der Waals surface area contributed by atoms with Crippen LogP contribution in [0.2, 0.25) is 0 Å². The zero-order valence-corrected chi connectivity index (χ0v) is 16.5. The molecule has 0 aliphatic carbocycles. The van der Waals surface area contributed by atoms with Gasteiger partial charge in [-0.3, -0.25) is 4.79 Å². The number of nitrogens with zero attached hydrogens (tertiary/aromatic N) is 2. The van der Waals surface area contributed by atoms with Crippen LogP contribution in [0.5, 0.6) is 5.75 Å². The van der Waals surface area contributed by atoms with E-state index in [2.05, 4.69) is 20.6 Å². The first kappa shape index (κ1) is 19.4. The maximum Gasteiger partial charge on any atom is 0.274 e. The molecule has 0 saturated carbocycles. The number of carbonyl (C=O) groups is 1. The number of nitrogens with one attached hydrogen (secondary N) is 2. The van der Waals surface area contributed by atoms with E-state index >= 15 is 0 Å². The molecule has 0 spiro atoms. The molecule has 28 heavy (non-hydrogen) atoms. The molecule has 3 aromatic rings. The Morgan fingerprint density at radius 1 is 1.00 bits per heavy atom. The lowest BCUT2D eigenvalue weighted by Crippen LogP contribution is -2.15. The second-order valence-corrected chi connectivity index (χ2v) is 6.83. The number of benzene rings is 2. The van der Waals surface area contributed by atoms with Crippen molar-refractivity contribution in [2.45, 2.75) is 33.8 Å². The van der Waals surface area contributed by atoms with E-state index in [1.807, 2.05) is 76.2 Å². The monoisotopic (exact) mass is 376 g/mol. The molecule has 6 heteroatoms. The van der Waals surface area contributed by atoms with Gasteiger partial charge in [0.05, 0.1) is 11.8 Å². The summed E-state index contributed by atoms with van der Waals surface area (Å²) < 4.78 is 5.82. The topological polar surface area (TPSA) is 76.1 Å². The molecule has 144 valence electrons. The van der Waals surface area contributed by atoms with Crippen LogP contribution in [0.3, 0.4) is 0 Å². The van der Waals surface area contributed by atoms with Crippen LogP contribution in [-0.2, 0) is 0 Å². The van der Waals surface area contributed by atoms with Gasteiger partial charge in [-0.1, -0.05) is 29.8 Å². The Labute approximate surface area is 165 Å². The Balaban J connectivity index is 1.82. The molecule has 1 heterocycles. The Morgan fingerprint density at radius 3 is 2.43 bits per heavy atom. The number of aromatic nitrogens is 2. The Bertz CT molecular complexity index is 969. The maximum atomic E-state index is 12.6. The van der Waals surface area contributed by atoms with Crippen molar-refractivity contribution in [3.8, 4) is 5.75 Å². The van der Waals surface area contributed by atoms with Crippen molar-refractivity contribution in [1.82, 2.24) is 9.97 Å². The fourth-order valence-corrected chi connectivity index (χ4v) is 2.62. The molecule has 0 saturated heterocycles. The van der Waals surface area contributed by atoms with Crippen LogP contribution in [0, 0.1) is 13.8 Å². The third-order valence-electron chi connectivity index (χ3n) is 3.89. The summed E-state index contributed by atoms with van der Waals surface area (Å²) in [7, 11) is 0. The van der Waals surface area contributed by atoms with E-state index < -0.39 is 0 Å². The molecular formula is C22H24N4O2.